The van der Waals surface area contributed by atoms with E-state index in [1.54, 1.807) is 0 Å². The number of hydrogen-bond acceptors (Lipinski definition) is 3. The lowest BCUT2D eigenvalue weighted by Gasteiger charge is -2.31. The minimum Gasteiger partial charge on any atom is -0.398 e. The molecule has 1 atom stereocenters. The largest absolute Gasteiger partial charge is 0.398 e. The summed E-state index contributed by atoms with van der Waals surface area (Å²) in [7, 11) is 0. The molecule has 1 aromatic carbocycles. The van der Waals surface area contributed by atoms with Crippen molar-refractivity contribution in [2.24, 2.45) is 5.92 Å². The number of nitrogens with two attached hydrogens (primary N) is 1. The number of benzene rings is 1. The molecule has 4 heteroatoms. The second kappa shape index (κ2) is 5.90. The first-order chi connectivity index (χ1) is 10.1. The van der Waals surface area contributed by atoms with Gasteiger partial charge in [0.1, 0.15) is 0 Å². The minimum atomic E-state index is 0.0279. The Hall–Kier alpha value is -1.81. The van der Waals surface area contributed by atoms with E-state index in [2.05, 4.69) is 12.2 Å². The zero-order valence-electron chi connectivity index (χ0n) is 12.1. The average molecular weight is 300 g/mol. The SMILES string of the molecule is CC(NC(=O)c1ccc(-c2ccccc2N)s1)C1CCC1. The van der Waals surface area contributed by atoms with Gasteiger partial charge < -0.3 is 11.1 Å². The van der Waals surface area contributed by atoms with Gasteiger partial charge in [-0.25, -0.2) is 0 Å². The van der Waals surface area contributed by atoms with Crippen molar-refractivity contribution in [3.8, 4) is 10.4 Å². The van der Waals surface area contributed by atoms with Crippen molar-refractivity contribution >= 4 is 22.9 Å². The van der Waals surface area contributed by atoms with E-state index in [1.165, 1.54) is 30.6 Å². The molecule has 3 nitrogen and oxygen atoms in total. The van der Waals surface area contributed by atoms with Crippen LogP contribution in [0.15, 0.2) is 36.4 Å². The normalized spacial score (nSPS) is 16.2. The van der Waals surface area contributed by atoms with Crippen molar-refractivity contribution in [1.82, 2.24) is 5.32 Å². The molecule has 1 aliphatic rings. The molecule has 1 unspecified atom stereocenters. The second-order valence-corrected chi connectivity index (χ2v) is 6.79. The lowest BCUT2D eigenvalue weighted by molar-refractivity contribution is 0.0913. The van der Waals surface area contributed by atoms with E-state index >= 15 is 0 Å². The maximum atomic E-state index is 12.3. The molecule has 2 aromatic rings. The third-order valence-electron chi connectivity index (χ3n) is 4.27. The predicted octanol–water partition coefficient (Wildman–Crippen LogP) is 3.92. The summed E-state index contributed by atoms with van der Waals surface area (Å²) in [6, 6.07) is 11.9. The van der Waals surface area contributed by atoms with E-state index in [4.69, 9.17) is 5.73 Å². The number of amides is 1. The van der Waals surface area contributed by atoms with Crippen LogP contribution in [-0.2, 0) is 0 Å². The van der Waals surface area contributed by atoms with E-state index in [9.17, 15) is 4.79 Å². The van der Waals surface area contributed by atoms with Crippen LogP contribution in [0, 0.1) is 5.92 Å². The topological polar surface area (TPSA) is 55.1 Å². The standard InChI is InChI=1S/C17H20N2OS/c1-11(12-5-4-6-12)19-17(20)16-10-9-15(21-16)13-7-2-3-8-14(13)18/h2-3,7-12H,4-6,18H2,1H3,(H,19,20). The fraction of sp³-hybridized carbons (Fsp3) is 0.353. The zero-order valence-corrected chi connectivity index (χ0v) is 13.0. The minimum absolute atomic E-state index is 0.0279. The monoisotopic (exact) mass is 300 g/mol. The lowest BCUT2D eigenvalue weighted by atomic mass is 9.80. The highest BCUT2D eigenvalue weighted by Gasteiger charge is 2.25. The van der Waals surface area contributed by atoms with Crippen LogP contribution < -0.4 is 11.1 Å². The lowest BCUT2D eigenvalue weighted by Crippen LogP contribution is -2.40. The third-order valence-corrected chi connectivity index (χ3v) is 5.39. The van der Waals surface area contributed by atoms with Crippen LogP contribution in [0.2, 0.25) is 0 Å². The first-order valence-electron chi connectivity index (χ1n) is 7.40. The molecule has 21 heavy (non-hydrogen) atoms. The first kappa shape index (κ1) is 14.1. The molecule has 0 bridgehead atoms. The molecule has 0 saturated heterocycles. The Bertz CT molecular complexity index is 646. The van der Waals surface area contributed by atoms with Crippen molar-refractivity contribution in [2.75, 3.05) is 5.73 Å². The van der Waals surface area contributed by atoms with E-state index in [0.29, 0.717) is 5.92 Å². The van der Waals surface area contributed by atoms with Gasteiger partial charge >= 0.3 is 0 Å². The summed E-state index contributed by atoms with van der Waals surface area (Å²) < 4.78 is 0. The maximum absolute atomic E-state index is 12.3. The van der Waals surface area contributed by atoms with E-state index in [1.807, 2.05) is 36.4 Å². The van der Waals surface area contributed by atoms with Crippen LogP contribution in [0.3, 0.4) is 0 Å². The quantitative estimate of drug-likeness (QED) is 0.841. The number of thiophene rings is 1. The van der Waals surface area contributed by atoms with Crippen molar-refractivity contribution in [1.29, 1.82) is 0 Å². The van der Waals surface area contributed by atoms with Crippen molar-refractivity contribution in [3.05, 3.63) is 41.3 Å². The number of anilines is 1. The van der Waals surface area contributed by atoms with Crippen LogP contribution in [-0.4, -0.2) is 11.9 Å². The fourth-order valence-electron chi connectivity index (χ4n) is 2.66. The highest BCUT2D eigenvalue weighted by molar-refractivity contribution is 7.17. The molecular formula is C17H20N2OS. The second-order valence-electron chi connectivity index (χ2n) is 5.70. The zero-order chi connectivity index (χ0) is 14.8. The van der Waals surface area contributed by atoms with Crippen LogP contribution in [0.1, 0.15) is 35.9 Å². The van der Waals surface area contributed by atoms with Crippen LogP contribution >= 0.6 is 11.3 Å². The Morgan fingerprint density at radius 3 is 2.71 bits per heavy atom. The smallest absolute Gasteiger partial charge is 0.261 e. The summed E-state index contributed by atoms with van der Waals surface area (Å²) in [6.07, 6.45) is 3.76. The Morgan fingerprint density at radius 2 is 2.05 bits per heavy atom. The molecule has 1 amide bonds. The van der Waals surface area contributed by atoms with Crippen LogP contribution in [0.5, 0.6) is 0 Å². The molecular weight excluding hydrogens is 280 g/mol. The number of nitrogen functional groups attached to an aromatic ring is 1. The Labute approximate surface area is 129 Å². The number of hydrogen-bond donors (Lipinski definition) is 2. The van der Waals surface area contributed by atoms with Crippen LogP contribution in [0.4, 0.5) is 5.69 Å². The molecule has 3 N–H and O–H groups in total. The number of carbonyl (C=O) groups is 1. The molecule has 110 valence electrons. The summed E-state index contributed by atoms with van der Waals surface area (Å²) in [5, 5.41) is 3.12. The fourth-order valence-corrected chi connectivity index (χ4v) is 3.62. The van der Waals surface area contributed by atoms with Gasteiger partial charge in [0.25, 0.3) is 5.91 Å². The third kappa shape index (κ3) is 2.95. The number of rotatable bonds is 4. The molecule has 0 spiro atoms. The Balaban J connectivity index is 1.72. The van der Waals surface area contributed by atoms with Crippen molar-refractivity contribution in [2.45, 2.75) is 32.2 Å². The van der Waals surface area contributed by atoms with Gasteiger partial charge in [-0.05, 0) is 43.9 Å². The number of para-hydroxylation sites is 1. The number of carbonyl (C=O) groups excluding carboxylic acids is 1. The van der Waals surface area contributed by atoms with E-state index < -0.39 is 0 Å². The average Bonchev–Trinajstić information content (AvgIpc) is 2.86. The first-order valence-corrected chi connectivity index (χ1v) is 8.22. The molecule has 3 rings (SSSR count). The molecule has 1 saturated carbocycles. The molecule has 1 aromatic heterocycles. The molecule has 0 radical (unpaired) electrons. The van der Waals surface area contributed by atoms with E-state index in [-0.39, 0.29) is 11.9 Å². The van der Waals surface area contributed by atoms with Gasteiger partial charge in [0, 0.05) is 22.2 Å². The Morgan fingerprint density at radius 1 is 1.29 bits per heavy atom. The van der Waals surface area contributed by atoms with E-state index in [0.717, 1.165) is 21.0 Å². The summed E-state index contributed by atoms with van der Waals surface area (Å²) >= 11 is 1.50. The van der Waals surface area contributed by atoms with Gasteiger partial charge in [0.2, 0.25) is 0 Å². The highest BCUT2D eigenvalue weighted by Crippen LogP contribution is 2.33. The maximum Gasteiger partial charge on any atom is 0.261 e. The summed E-state index contributed by atoms with van der Waals surface area (Å²) in [4.78, 5) is 14.1. The van der Waals surface area contributed by atoms with Crippen molar-refractivity contribution < 1.29 is 4.79 Å². The van der Waals surface area contributed by atoms with Gasteiger partial charge in [-0.15, -0.1) is 11.3 Å². The van der Waals surface area contributed by atoms with Gasteiger partial charge in [0.15, 0.2) is 0 Å². The summed E-state index contributed by atoms with van der Waals surface area (Å²) in [5.74, 6) is 0.679. The van der Waals surface area contributed by atoms with Gasteiger partial charge in [-0.2, -0.15) is 0 Å². The summed E-state index contributed by atoms with van der Waals surface area (Å²) in [6.45, 7) is 2.10. The number of nitrogens with one attached hydrogen (secondary N) is 1. The Kier molecular flexibility index (Phi) is 3.97. The van der Waals surface area contributed by atoms with Gasteiger partial charge in [-0.3, -0.25) is 4.79 Å². The molecule has 1 heterocycles. The predicted molar refractivity (Wildman–Crippen MR) is 88.4 cm³/mol. The molecule has 0 aliphatic heterocycles. The molecule has 1 aliphatic carbocycles. The van der Waals surface area contributed by atoms with Gasteiger partial charge in [0.05, 0.1) is 4.88 Å². The molecule has 1 fully saturated rings. The summed E-state index contributed by atoms with van der Waals surface area (Å²) in [5.41, 5.74) is 7.73. The highest BCUT2D eigenvalue weighted by atomic mass is 32.1. The van der Waals surface area contributed by atoms with Gasteiger partial charge in [-0.1, -0.05) is 24.6 Å². The van der Waals surface area contributed by atoms with Crippen molar-refractivity contribution in [3.63, 3.8) is 0 Å². The van der Waals surface area contributed by atoms with Crippen LogP contribution in [0.25, 0.3) is 10.4 Å².